The van der Waals surface area contributed by atoms with E-state index in [0.717, 1.165) is 24.3 Å². The van der Waals surface area contributed by atoms with Crippen LogP contribution in [-0.4, -0.2) is 43.9 Å². The number of nitrogens with one attached hydrogen (secondary N) is 3. The van der Waals surface area contributed by atoms with Crippen LogP contribution in [0.1, 0.15) is 40.9 Å². The first-order valence-corrected chi connectivity index (χ1v) is 11.9. The molecule has 10 heteroatoms. The Morgan fingerprint density at radius 1 is 1.22 bits per heavy atom. The van der Waals surface area contributed by atoms with Crippen LogP contribution in [0.4, 0.5) is 15.8 Å². The lowest BCUT2D eigenvalue weighted by Gasteiger charge is -2.22. The van der Waals surface area contributed by atoms with Gasteiger partial charge in [-0.2, -0.15) is 10.4 Å². The summed E-state index contributed by atoms with van der Waals surface area (Å²) < 4.78 is 16.0. The highest BCUT2D eigenvalue weighted by Gasteiger charge is 2.27. The highest BCUT2D eigenvalue weighted by atomic mass is 19.1. The first kappa shape index (κ1) is 24.4. The van der Waals surface area contributed by atoms with Crippen molar-refractivity contribution in [3.63, 3.8) is 0 Å². The highest BCUT2D eigenvalue weighted by Crippen LogP contribution is 2.29. The van der Waals surface area contributed by atoms with Crippen molar-refractivity contribution in [1.29, 1.82) is 5.26 Å². The normalized spacial score (nSPS) is 13.7. The SMILES string of the molecule is CC(C)(O)[C@H](F)CNC(=O)c1cnc(-c2ccc3cc(C#N)cnn23)cc1Nc1ccc2c(c1)CNC2. The lowest BCUT2D eigenvalue weighted by atomic mass is 10.0. The number of hydrogen-bond acceptors (Lipinski definition) is 7. The number of aliphatic hydroxyl groups is 1. The van der Waals surface area contributed by atoms with E-state index in [4.69, 9.17) is 5.26 Å². The monoisotopic (exact) mass is 499 g/mol. The fraction of sp³-hybridized carbons (Fsp3) is 0.259. The lowest BCUT2D eigenvalue weighted by Crippen LogP contribution is -2.42. The predicted octanol–water partition coefficient (Wildman–Crippen LogP) is 3.45. The lowest BCUT2D eigenvalue weighted by molar-refractivity contribution is -0.00177. The largest absolute Gasteiger partial charge is 0.387 e. The molecule has 1 atom stereocenters. The van der Waals surface area contributed by atoms with Gasteiger partial charge in [0.2, 0.25) is 0 Å². The first-order chi connectivity index (χ1) is 17.7. The van der Waals surface area contributed by atoms with E-state index >= 15 is 0 Å². The summed E-state index contributed by atoms with van der Waals surface area (Å²) in [6.45, 7) is 3.94. The second-order valence-electron chi connectivity index (χ2n) is 9.57. The van der Waals surface area contributed by atoms with E-state index in [2.05, 4.69) is 32.1 Å². The second kappa shape index (κ2) is 9.61. The minimum absolute atomic E-state index is 0.228. The molecule has 1 aromatic carbocycles. The van der Waals surface area contributed by atoms with E-state index in [1.54, 1.807) is 16.6 Å². The Morgan fingerprint density at radius 3 is 2.81 bits per heavy atom. The number of amides is 1. The molecule has 188 valence electrons. The maximum absolute atomic E-state index is 14.3. The van der Waals surface area contributed by atoms with Gasteiger partial charge in [-0.25, -0.2) is 8.91 Å². The van der Waals surface area contributed by atoms with Gasteiger partial charge in [0.25, 0.3) is 5.91 Å². The van der Waals surface area contributed by atoms with Gasteiger partial charge in [0.15, 0.2) is 0 Å². The van der Waals surface area contributed by atoms with Gasteiger partial charge >= 0.3 is 0 Å². The number of nitrogens with zero attached hydrogens (tertiary/aromatic N) is 4. The van der Waals surface area contributed by atoms with Crippen molar-refractivity contribution in [2.45, 2.75) is 38.7 Å². The average molecular weight is 500 g/mol. The first-order valence-electron chi connectivity index (χ1n) is 11.9. The molecular weight excluding hydrogens is 473 g/mol. The molecule has 9 nitrogen and oxygen atoms in total. The van der Waals surface area contributed by atoms with Crippen molar-refractivity contribution in [1.82, 2.24) is 25.2 Å². The molecule has 0 saturated carbocycles. The molecule has 1 aliphatic rings. The summed E-state index contributed by atoms with van der Waals surface area (Å²) >= 11 is 0. The number of pyridine rings is 1. The average Bonchev–Trinajstić information content (AvgIpc) is 3.52. The number of nitriles is 1. The molecule has 4 N–H and O–H groups in total. The summed E-state index contributed by atoms with van der Waals surface area (Å²) in [6, 6.07) is 15.2. The van der Waals surface area contributed by atoms with Gasteiger partial charge in [-0.1, -0.05) is 6.07 Å². The van der Waals surface area contributed by atoms with E-state index in [0.29, 0.717) is 22.6 Å². The Balaban J connectivity index is 1.51. The minimum Gasteiger partial charge on any atom is -0.387 e. The van der Waals surface area contributed by atoms with Gasteiger partial charge in [0.05, 0.1) is 52.1 Å². The zero-order valence-electron chi connectivity index (χ0n) is 20.4. The molecule has 0 aliphatic carbocycles. The number of aromatic nitrogens is 3. The number of hydrogen-bond donors (Lipinski definition) is 4. The molecule has 0 bridgehead atoms. The number of alkyl halides is 1. The molecule has 37 heavy (non-hydrogen) atoms. The molecule has 3 aromatic heterocycles. The molecule has 1 aliphatic heterocycles. The quantitative estimate of drug-likeness (QED) is 0.307. The van der Waals surface area contributed by atoms with Gasteiger partial charge < -0.3 is 21.1 Å². The molecule has 0 radical (unpaired) electrons. The maximum atomic E-state index is 14.3. The molecular formula is C27H26FN7O2. The van der Waals surface area contributed by atoms with Crippen LogP contribution in [0.25, 0.3) is 16.9 Å². The van der Waals surface area contributed by atoms with Crippen molar-refractivity contribution in [3.05, 3.63) is 77.1 Å². The molecule has 4 heterocycles. The Bertz CT molecular complexity index is 1530. The number of carbonyl (C=O) groups is 1. The van der Waals surface area contributed by atoms with Crippen molar-refractivity contribution in [2.24, 2.45) is 0 Å². The van der Waals surface area contributed by atoms with Gasteiger partial charge in [-0.05, 0) is 61.4 Å². The molecule has 1 amide bonds. The Hall–Kier alpha value is -4.33. The van der Waals surface area contributed by atoms with Gasteiger partial charge in [-0.3, -0.25) is 9.78 Å². The van der Waals surface area contributed by atoms with Gasteiger partial charge in [0, 0.05) is 25.0 Å². The number of benzene rings is 1. The third kappa shape index (κ3) is 5.00. The summed E-state index contributed by atoms with van der Waals surface area (Å²) in [4.78, 5) is 17.5. The molecule has 0 unspecified atom stereocenters. The van der Waals surface area contributed by atoms with Crippen LogP contribution in [0.5, 0.6) is 0 Å². The topological polar surface area (TPSA) is 127 Å². The highest BCUT2D eigenvalue weighted by molar-refractivity contribution is 6.00. The van der Waals surface area contributed by atoms with Crippen molar-refractivity contribution in [2.75, 3.05) is 11.9 Å². The van der Waals surface area contributed by atoms with E-state index in [1.165, 1.54) is 37.4 Å². The number of rotatable bonds is 7. The van der Waals surface area contributed by atoms with E-state index in [9.17, 15) is 14.3 Å². The van der Waals surface area contributed by atoms with Crippen LogP contribution in [-0.2, 0) is 13.1 Å². The van der Waals surface area contributed by atoms with Gasteiger partial charge in [-0.15, -0.1) is 0 Å². The zero-order valence-corrected chi connectivity index (χ0v) is 20.4. The number of anilines is 2. The van der Waals surface area contributed by atoms with Crippen LogP contribution < -0.4 is 16.0 Å². The molecule has 5 rings (SSSR count). The van der Waals surface area contributed by atoms with Crippen molar-refractivity contribution in [3.8, 4) is 17.5 Å². The van der Waals surface area contributed by atoms with Gasteiger partial charge in [0.1, 0.15) is 12.2 Å². The van der Waals surface area contributed by atoms with Crippen LogP contribution in [0.3, 0.4) is 0 Å². The summed E-state index contributed by atoms with van der Waals surface area (Å²) in [5.41, 5.74) is 4.74. The van der Waals surface area contributed by atoms with E-state index in [-0.39, 0.29) is 12.1 Å². The van der Waals surface area contributed by atoms with Crippen LogP contribution in [0.2, 0.25) is 0 Å². The fourth-order valence-electron chi connectivity index (χ4n) is 4.19. The standard InChI is InChI=1S/C27H26FN7O2/c1-27(2,37)25(28)15-32-26(36)21-14-31-23(24-6-5-20-7-16(10-29)11-33-35(20)24)9-22(21)34-19-4-3-17-12-30-13-18(17)8-19/h3-9,11,14,25,30,37H,12-13,15H2,1-2H3,(H,31,34)(H,32,36)/t25-/m1/s1. The zero-order chi connectivity index (χ0) is 26.2. The Morgan fingerprint density at radius 2 is 2.03 bits per heavy atom. The summed E-state index contributed by atoms with van der Waals surface area (Å²) in [6.07, 6.45) is 1.27. The molecule has 0 spiro atoms. The minimum atomic E-state index is -1.64. The van der Waals surface area contributed by atoms with Crippen molar-refractivity contribution < 1.29 is 14.3 Å². The summed E-state index contributed by atoms with van der Waals surface area (Å²) in [7, 11) is 0. The summed E-state index contributed by atoms with van der Waals surface area (Å²) in [5.74, 6) is -0.520. The maximum Gasteiger partial charge on any atom is 0.255 e. The van der Waals surface area contributed by atoms with E-state index < -0.39 is 17.7 Å². The third-order valence-electron chi connectivity index (χ3n) is 6.37. The molecule has 0 fully saturated rings. The fourth-order valence-corrected chi connectivity index (χ4v) is 4.19. The Labute approximate surface area is 213 Å². The number of halogens is 1. The summed E-state index contributed by atoms with van der Waals surface area (Å²) in [5, 5.41) is 32.6. The molecule has 4 aromatic rings. The number of carbonyl (C=O) groups excluding carboxylic acids is 1. The van der Waals surface area contributed by atoms with Crippen LogP contribution in [0, 0.1) is 11.3 Å². The van der Waals surface area contributed by atoms with Crippen LogP contribution >= 0.6 is 0 Å². The number of fused-ring (bicyclic) bond motifs is 2. The predicted molar refractivity (Wildman–Crippen MR) is 137 cm³/mol. The smallest absolute Gasteiger partial charge is 0.255 e. The third-order valence-corrected chi connectivity index (χ3v) is 6.37. The Kier molecular flexibility index (Phi) is 6.33. The van der Waals surface area contributed by atoms with Crippen molar-refractivity contribution >= 4 is 22.8 Å². The molecule has 0 saturated heterocycles. The second-order valence-corrected chi connectivity index (χ2v) is 9.57. The van der Waals surface area contributed by atoms with E-state index in [1.807, 2.05) is 30.3 Å². The van der Waals surface area contributed by atoms with Crippen LogP contribution in [0.15, 0.2) is 54.9 Å².